The van der Waals surface area contributed by atoms with E-state index in [9.17, 15) is 0 Å². The molecule has 0 aromatic heterocycles. The Balaban J connectivity index is 1.54. The smallest absolute Gasteiger partial charge is 0.0734 e. The van der Waals surface area contributed by atoms with E-state index >= 15 is 0 Å². The summed E-state index contributed by atoms with van der Waals surface area (Å²) in [5.41, 5.74) is 1.11. The van der Waals surface area contributed by atoms with Crippen LogP contribution in [0.15, 0.2) is 5.16 Å². The third-order valence-corrected chi connectivity index (χ3v) is 7.15. The Morgan fingerprint density at radius 1 is 1.16 bits per heavy atom. The number of rotatable bonds is 9. The summed E-state index contributed by atoms with van der Waals surface area (Å²) in [7, 11) is 0. The number of thioether (sulfide) groups is 2. The molecule has 3 atom stereocenters. The second-order valence-corrected chi connectivity index (χ2v) is 8.23. The molecule has 2 aliphatic rings. The minimum absolute atomic E-state index is 0.532. The van der Waals surface area contributed by atoms with Gasteiger partial charge in [-0.1, -0.05) is 31.3 Å². The molecule has 2 bridgehead atoms. The van der Waals surface area contributed by atoms with Gasteiger partial charge in [0.2, 0.25) is 0 Å². The van der Waals surface area contributed by atoms with Crippen molar-refractivity contribution in [3.8, 4) is 0 Å². The highest BCUT2D eigenvalue weighted by Gasteiger charge is 2.45. The maximum Gasteiger partial charge on any atom is 0.0734 e. The summed E-state index contributed by atoms with van der Waals surface area (Å²) in [6.45, 7) is 2.26. The van der Waals surface area contributed by atoms with E-state index in [1.807, 2.05) is 11.8 Å². The molecular formula is C15H27NOS2. The van der Waals surface area contributed by atoms with Crippen LogP contribution in [0.25, 0.3) is 0 Å². The standard InChI is InChI=1S/C15H27NOS2/c1-2-3-4-5-8-18-9-10-19-15-13-7-6-12(11-13)14(15)16-17/h12-13,15,17H,2-11H2,1H3. The van der Waals surface area contributed by atoms with E-state index in [1.165, 1.54) is 62.2 Å². The average molecular weight is 302 g/mol. The van der Waals surface area contributed by atoms with Crippen molar-refractivity contribution in [2.75, 3.05) is 17.3 Å². The van der Waals surface area contributed by atoms with Crippen molar-refractivity contribution in [2.45, 2.75) is 57.1 Å². The summed E-state index contributed by atoms with van der Waals surface area (Å²) < 4.78 is 0. The summed E-state index contributed by atoms with van der Waals surface area (Å²) in [6.07, 6.45) is 9.37. The van der Waals surface area contributed by atoms with Crippen LogP contribution in [0, 0.1) is 11.8 Å². The van der Waals surface area contributed by atoms with Gasteiger partial charge in [-0.15, -0.1) is 0 Å². The number of hydrogen-bond acceptors (Lipinski definition) is 4. The first-order valence-corrected chi connectivity index (χ1v) is 9.98. The Kier molecular flexibility index (Phi) is 6.92. The van der Waals surface area contributed by atoms with E-state index in [-0.39, 0.29) is 0 Å². The molecule has 4 heteroatoms. The lowest BCUT2D eigenvalue weighted by atomic mass is 9.98. The van der Waals surface area contributed by atoms with Gasteiger partial charge in [-0.25, -0.2) is 0 Å². The van der Waals surface area contributed by atoms with Crippen molar-refractivity contribution >= 4 is 29.2 Å². The normalized spacial score (nSPS) is 31.4. The van der Waals surface area contributed by atoms with Crippen molar-refractivity contribution in [3.63, 3.8) is 0 Å². The lowest BCUT2D eigenvalue weighted by Crippen LogP contribution is -2.25. The molecular weight excluding hydrogens is 274 g/mol. The summed E-state index contributed by atoms with van der Waals surface area (Å²) in [5.74, 6) is 5.19. The SMILES string of the molecule is CCCCCCSCCSC1C(=NO)C2CCC1C2. The fraction of sp³-hybridized carbons (Fsp3) is 0.933. The summed E-state index contributed by atoms with van der Waals surface area (Å²) in [6, 6.07) is 0. The molecule has 0 aromatic rings. The molecule has 2 rings (SSSR count). The third-order valence-electron chi connectivity index (χ3n) is 4.39. The van der Waals surface area contributed by atoms with Gasteiger partial charge < -0.3 is 5.21 Å². The Morgan fingerprint density at radius 3 is 2.84 bits per heavy atom. The van der Waals surface area contributed by atoms with E-state index < -0.39 is 0 Å². The largest absolute Gasteiger partial charge is 0.411 e. The van der Waals surface area contributed by atoms with Crippen LogP contribution < -0.4 is 0 Å². The van der Waals surface area contributed by atoms with Crippen LogP contribution in [0.5, 0.6) is 0 Å². The number of unbranched alkanes of at least 4 members (excludes halogenated alkanes) is 3. The molecule has 2 fully saturated rings. The highest BCUT2D eigenvalue weighted by Crippen LogP contribution is 2.47. The molecule has 0 saturated heterocycles. The molecule has 0 amide bonds. The zero-order chi connectivity index (χ0) is 13.5. The van der Waals surface area contributed by atoms with Crippen LogP contribution >= 0.6 is 23.5 Å². The van der Waals surface area contributed by atoms with Crippen molar-refractivity contribution in [1.82, 2.24) is 0 Å². The minimum atomic E-state index is 0.532. The molecule has 2 aliphatic carbocycles. The molecule has 2 saturated carbocycles. The molecule has 0 aromatic carbocycles. The minimum Gasteiger partial charge on any atom is -0.411 e. The molecule has 110 valence electrons. The Morgan fingerprint density at radius 2 is 2.05 bits per heavy atom. The monoisotopic (exact) mass is 301 g/mol. The van der Waals surface area contributed by atoms with Crippen LogP contribution in [0.2, 0.25) is 0 Å². The number of oxime groups is 1. The van der Waals surface area contributed by atoms with Crippen molar-refractivity contribution in [1.29, 1.82) is 0 Å². The van der Waals surface area contributed by atoms with Gasteiger partial charge in [0.05, 0.1) is 5.71 Å². The third kappa shape index (κ3) is 4.32. The van der Waals surface area contributed by atoms with E-state index in [2.05, 4.69) is 23.8 Å². The molecule has 2 nitrogen and oxygen atoms in total. The Bertz CT molecular complexity index is 296. The quantitative estimate of drug-likeness (QED) is 0.382. The maximum absolute atomic E-state index is 9.15. The lowest BCUT2D eigenvalue weighted by molar-refractivity contribution is 0.314. The van der Waals surface area contributed by atoms with E-state index in [0.29, 0.717) is 11.2 Å². The van der Waals surface area contributed by atoms with Gasteiger partial charge >= 0.3 is 0 Å². The maximum atomic E-state index is 9.15. The predicted octanol–water partition coefficient (Wildman–Crippen LogP) is 4.66. The highest BCUT2D eigenvalue weighted by atomic mass is 32.2. The van der Waals surface area contributed by atoms with Crippen LogP contribution in [-0.4, -0.2) is 33.4 Å². The molecule has 3 unspecified atom stereocenters. The van der Waals surface area contributed by atoms with E-state index in [0.717, 1.165) is 11.6 Å². The van der Waals surface area contributed by atoms with Crippen LogP contribution in [0.1, 0.15) is 51.9 Å². The Hall–Kier alpha value is 0.170. The lowest BCUT2D eigenvalue weighted by Gasteiger charge is -2.22. The first-order valence-electron chi connectivity index (χ1n) is 7.78. The molecule has 19 heavy (non-hydrogen) atoms. The molecule has 0 aliphatic heterocycles. The van der Waals surface area contributed by atoms with E-state index in [1.54, 1.807) is 0 Å². The van der Waals surface area contributed by atoms with Gasteiger partial charge in [0.1, 0.15) is 0 Å². The summed E-state index contributed by atoms with van der Waals surface area (Å²) >= 11 is 4.13. The predicted molar refractivity (Wildman–Crippen MR) is 87.8 cm³/mol. The highest BCUT2D eigenvalue weighted by molar-refractivity contribution is 8.03. The van der Waals surface area contributed by atoms with Crippen molar-refractivity contribution in [2.24, 2.45) is 17.0 Å². The topological polar surface area (TPSA) is 32.6 Å². The summed E-state index contributed by atoms with van der Waals surface area (Å²) in [5, 5.41) is 13.3. The van der Waals surface area contributed by atoms with Gasteiger partial charge in [0.25, 0.3) is 0 Å². The van der Waals surface area contributed by atoms with Crippen LogP contribution in [-0.2, 0) is 0 Å². The first kappa shape index (κ1) is 15.6. The van der Waals surface area contributed by atoms with Gasteiger partial charge in [-0.2, -0.15) is 23.5 Å². The second-order valence-electron chi connectivity index (χ2n) is 5.76. The molecule has 0 radical (unpaired) electrons. The van der Waals surface area contributed by atoms with Crippen LogP contribution in [0.4, 0.5) is 0 Å². The zero-order valence-corrected chi connectivity index (χ0v) is 13.6. The molecule has 0 heterocycles. The second kappa shape index (κ2) is 8.46. The number of nitrogens with zero attached hydrogens (tertiary/aromatic N) is 1. The van der Waals surface area contributed by atoms with Gasteiger partial charge in [-0.05, 0) is 37.4 Å². The average Bonchev–Trinajstić information content (AvgIpc) is 3.02. The first-order chi connectivity index (χ1) is 9.36. The molecule has 1 N–H and O–H groups in total. The van der Waals surface area contributed by atoms with Gasteiger partial charge in [0, 0.05) is 22.7 Å². The summed E-state index contributed by atoms with van der Waals surface area (Å²) in [4.78, 5) is 0. The number of hydrogen-bond donors (Lipinski definition) is 1. The van der Waals surface area contributed by atoms with Crippen molar-refractivity contribution < 1.29 is 5.21 Å². The van der Waals surface area contributed by atoms with Crippen molar-refractivity contribution in [3.05, 3.63) is 0 Å². The van der Waals surface area contributed by atoms with Gasteiger partial charge in [-0.3, -0.25) is 0 Å². The van der Waals surface area contributed by atoms with Crippen LogP contribution in [0.3, 0.4) is 0 Å². The fourth-order valence-corrected chi connectivity index (χ4v) is 6.01. The van der Waals surface area contributed by atoms with E-state index in [4.69, 9.17) is 5.21 Å². The number of fused-ring (bicyclic) bond motifs is 2. The van der Waals surface area contributed by atoms with Gasteiger partial charge in [0.15, 0.2) is 0 Å². The molecule has 0 spiro atoms. The fourth-order valence-electron chi connectivity index (χ4n) is 3.36. The Labute approximate surface area is 126 Å². The zero-order valence-electron chi connectivity index (χ0n) is 12.0.